The number of carbonyl (C=O) groups is 1. The van der Waals surface area contributed by atoms with Gasteiger partial charge in [-0.2, -0.15) is 0 Å². The van der Waals surface area contributed by atoms with Crippen molar-refractivity contribution in [3.05, 3.63) is 35.4 Å². The molecule has 1 heterocycles. The number of carbonyl (C=O) groups excluding carboxylic acids is 1. The van der Waals surface area contributed by atoms with E-state index in [0.29, 0.717) is 28.6 Å². The Morgan fingerprint density at radius 1 is 0.821 bits per heavy atom. The number of methoxy groups -OCH3 is 5. The van der Waals surface area contributed by atoms with Gasteiger partial charge in [0.25, 0.3) is 0 Å². The van der Waals surface area contributed by atoms with Gasteiger partial charge in [0, 0.05) is 17.7 Å². The van der Waals surface area contributed by atoms with Crippen molar-refractivity contribution >= 4 is 5.78 Å². The van der Waals surface area contributed by atoms with Crippen molar-refractivity contribution in [2.24, 2.45) is 0 Å². The number of aliphatic hydroxyl groups excluding tert-OH is 1. The van der Waals surface area contributed by atoms with Crippen LogP contribution in [0.2, 0.25) is 0 Å². The molecule has 1 N–H and O–H groups in total. The number of benzene rings is 2. The van der Waals surface area contributed by atoms with Crippen LogP contribution in [0, 0.1) is 0 Å². The molecule has 1 aliphatic rings. The highest BCUT2D eigenvalue weighted by Gasteiger charge is 2.40. The van der Waals surface area contributed by atoms with Gasteiger partial charge in [-0.25, -0.2) is 0 Å². The summed E-state index contributed by atoms with van der Waals surface area (Å²) in [5, 5.41) is 10.7. The second-order valence-corrected chi connectivity index (χ2v) is 6.01. The minimum atomic E-state index is -1.45. The van der Waals surface area contributed by atoms with E-state index in [4.69, 9.17) is 28.4 Å². The molecule has 0 amide bonds. The van der Waals surface area contributed by atoms with E-state index in [-0.39, 0.29) is 17.1 Å². The van der Waals surface area contributed by atoms with Gasteiger partial charge in [-0.1, -0.05) is 0 Å². The molecular formula is C20H22O8. The highest BCUT2D eigenvalue weighted by Crippen LogP contribution is 2.45. The first-order valence-electron chi connectivity index (χ1n) is 8.43. The maximum Gasteiger partial charge on any atom is 0.203 e. The lowest BCUT2D eigenvalue weighted by Crippen LogP contribution is -2.36. The van der Waals surface area contributed by atoms with E-state index in [2.05, 4.69) is 0 Å². The highest BCUT2D eigenvalue weighted by atomic mass is 16.5. The number of fused-ring (bicyclic) bond motifs is 1. The van der Waals surface area contributed by atoms with Gasteiger partial charge in [-0.05, 0) is 12.1 Å². The van der Waals surface area contributed by atoms with Crippen LogP contribution in [0.5, 0.6) is 34.5 Å². The molecule has 0 bridgehead atoms. The van der Waals surface area contributed by atoms with Crippen molar-refractivity contribution in [2.75, 3.05) is 35.5 Å². The fourth-order valence-electron chi connectivity index (χ4n) is 3.18. The molecule has 0 saturated heterocycles. The number of aliphatic hydroxyl groups is 1. The number of ether oxygens (including phenoxy) is 6. The molecule has 0 unspecified atom stereocenters. The van der Waals surface area contributed by atoms with E-state index in [1.165, 1.54) is 35.5 Å². The summed E-state index contributed by atoms with van der Waals surface area (Å²) in [5.41, 5.74) is 0.655. The van der Waals surface area contributed by atoms with E-state index >= 15 is 0 Å². The predicted octanol–water partition coefficient (Wildman–Crippen LogP) is 2.41. The van der Waals surface area contributed by atoms with Crippen LogP contribution in [0.25, 0.3) is 0 Å². The Kier molecular flexibility index (Phi) is 5.51. The smallest absolute Gasteiger partial charge is 0.203 e. The molecule has 0 aromatic heterocycles. The lowest BCUT2D eigenvalue weighted by atomic mass is 9.92. The molecule has 2 aromatic rings. The first-order valence-corrected chi connectivity index (χ1v) is 8.43. The Bertz CT molecular complexity index is 867. The fraction of sp³-hybridized carbons (Fsp3) is 0.350. The van der Waals surface area contributed by atoms with Crippen molar-refractivity contribution in [2.45, 2.75) is 12.2 Å². The van der Waals surface area contributed by atoms with Crippen LogP contribution in [0.15, 0.2) is 24.3 Å². The van der Waals surface area contributed by atoms with Crippen LogP contribution in [0.4, 0.5) is 0 Å². The van der Waals surface area contributed by atoms with Crippen LogP contribution in [-0.2, 0) is 0 Å². The first-order chi connectivity index (χ1) is 13.5. The van der Waals surface area contributed by atoms with Gasteiger partial charge >= 0.3 is 0 Å². The van der Waals surface area contributed by atoms with Crippen LogP contribution in [0.3, 0.4) is 0 Å². The molecule has 1 aliphatic heterocycles. The second kappa shape index (κ2) is 7.85. The predicted molar refractivity (Wildman–Crippen MR) is 99.4 cm³/mol. The third-order valence-corrected chi connectivity index (χ3v) is 4.57. The van der Waals surface area contributed by atoms with Gasteiger partial charge in [0.1, 0.15) is 22.8 Å². The third-order valence-electron chi connectivity index (χ3n) is 4.57. The number of hydrogen-bond acceptors (Lipinski definition) is 8. The maximum atomic E-state index is 12.9. The van der Waals surface area contributed by atoms with Crippen molar-refractivity contribution < 1.29 is 38.3 Å². The molecule has 0 radical (unpaired) electrons. The van der Waals surface area contributed by atoms with Crippen LogP contribution in [0.1, 0.15) is 22.0 Å². The summed E-state index contributed by atoms with van der Waals surface area (Å²) in [6, 6.07) is 6.40. The average Bonchev–Trinajstić information content (AvgIpc) is 2.73. The summed E-state index contributed by atoms with van der Waals surface area (Å²) < 4.78 is 32.5. The van der Waals surface area contributed by atoms with Crippen molar-refractivity contribution in [1.29, 1.82) is 0 Å². The molecule has 8 heteroatoms. The lowest BCUT2D eigenvalue weighted by molar-refractivity contribution is 0.0209. The molecule has 0 fully saturated rings. The Balaban J connectivity index is 2.12. The Labute approximate surface area is 162 Å². The number of ketones is 1. The molecule has 3 rings (SSSR count). The van der Waals surface area contributed by atoms with E-state index in [0.717, 1.165) is 0 Å². The van der Waals surface area contributed by atoms with Crippen molar-refractivity contribution in [1.82, 2.24) is 0 Å². The maximum absolute atomic E-state index is 12.9. The Morgan fingerprint density at radius 3 is 1.93 bits per heavy atom. The van der Waals surface area contributed by atoms with E-state index in [1.54, 1.807) is 24.3 Å². The highest BCUT2D eigenvalue weighted by molar-refractivity contribution is 6.05. The zero-order valence-corrected chi connectivity index (χ0v) is 16.3. The second-order valence-electron chi connectivity index (χ2n) is 6.01. The molecule has 150 valence electrons. The standard InChI is InChI=1S/C20H22O8/c1-23-11-8-12(24-2)16-13(9-11)28-19(18(22)17(16)21)10-6-14(25-3)20(27-5)15(7-10)26-4/h6-9,18-19,22H,1-5H3/t18-,19+/m1/s1. The van der Waals surface area contributed by atoms with Gasteiger partial charge in [0.05, 0.1) is 35.5 Å². The third kappa shape index (κ3) is 3.16. The molecule has 0 saturated carbocycles. The molecule has 28 heavy (non-hydrogen) atoms. The minimum absolute atomic E-state index is 0.166. The van der Waals surface area contributed by atoms with E-state index in [1.807, 2.05) is 0 Å². The summed E-state index contributed by atoms with van der Waals surface area (Å²) in [4.78, 5) is 12.9. The zero-order chi connectivity index (χ0) is 20.4. The van der Waals surface area contributed by atoms with Gasteiger partial charge in [-0.3, -0.25) is 4.79 Å². The van der Waals surface area contributed by atoms with Gasteiger partial charge in [0.2, 0.25) is 11.5 Å². The molecule has 8 nitrogen and oxygen atoms in total. The summed E-state index contributed by atoms with van der Waals surface area (Å²) >= 11 is 0. The summed E-state index contributed by atoms with van der Waals surface area (Å²) in [7, 11) is 7.38. The first kappa shape index (κ1) is 19.6. The number of Topliss-reactive ketones (excluding diaryl/α,β-unsaturated/α-hetero) is 1. The van der Waals surface area contributed by atoms with Crippen LogP contribution < -0.4 is 28.4 Å². The quantitative estimate of drug-likeness (QED) is 0.804. The molecule has 0 spiro atoms. The van der Waals surface area contributed by atoms with Crippen molar-refractivity contribution in [3.8, 4) is 34.5 Å². The summed E-state index contributed by atoms with van der Waals surface area (Å²) in [6.45, 7) is 0. The molecule has 0 aliphatic carbocycles. The van der Waals surface area contributed by atoms with E-state index in [9.17, 15) is 9.90 Å². The van der Waals surface area contributed by atoms with Crippen LogP contribution in [-0.4, -0.2) is 52.5 Å². The fourth-order valence-corrected chi connectivity index (χ4v) is 3.18. The molecule has 2 atom stereocenters. The number of hydrogen-bond donors (Lipinski definition) is 1. The summed E-state index contributed by atoms with van der Waals surface area (Å²) in [5.74, 6) is 1.63. The normalized spacial score (nSPS) is 18.0. The van der Waals surface area contributed by atoms with Gasteiger partial charge in [0.15, 0.2) is 23.7 Å². The molecular weight excluding hydrogens is 368 g/mol. The topological polar surface area (TPSA) is 92.7 Å². The Morgan fingerprint density at radius 2 is 1.43 bits per heavy atom. The average molecular weight is 390 g/mol. The number of rotatable bonds is 6. The zero-order valence-electron chi connectivity index (χ0n) is 16.3. The van der Waals surface area contributed by atoms with Gasteiger partial charge in [-0.15, -0.1) is 0 Å². The van der Waals surface area contributed by atoms with Gasteiger partial charge < -0.3 is 33.5 Å². The van der Waals surface area contributed by atoms with Crippen LogP contribution >= 0.6 is 0 Å². The monoisotopic (exact) mass is 390 g/mol. The SMILES string of the molecule is COc1cc(OC)c2c(c1)O[C@@H](c1cc(OC)c(OC)c(OC)c1)[C@H](O)C2=O. The largest absolute Gasteiger partial charge is 0.496 e. The molecule has 2 aromatic carbocycles. The lowest BCUT2D eigenvalue weighted by Gasteiger charge is -2.31. The van der Waals surface area contributed by atoms with E-state index < -0.39 is 18.0 Å². The van der Waals surface area contributed by atoms with Crippen molar-refractivity contribution in [3.63, 3.8) is 0 Å². The summed E-state index contributed by atoms with van der Waals surface area (Å²) in [6.07, 6.45) is -2.43. The Hall–Kier alpha value is -3.13. The minimum Gasteiger partial charge on any atom is -0.496 e.